The van der Waals surface area contributed by atoms with Gasteiger partial charge in [-0.2, -0.15) is 0 Å². The molecule has 9 fully saturated rings. The fourth-order valence-electron chi connectivity index (χ4n) is 15.2. The molecule has 0 aromatic carbocycles. The summed E-state index contributed by atoms with van der Waals surface area (Å²) in [6, 6.07) is 0. The molecule has 6 heterocycles. The summed E-state index contributed by atoms with van der Waals surface area (Å²) < 4.78 is 59.7. The first-order valence-corrected chi connectivity index (χ1v) is 26.6. The topological polar surface area (TPSA) is 355 Å². The van der Waals surface area contributed by atoms with E-state index in [2.05, 4.69) is 33.8 Å². The molecular formula is C50H80O23. The minimum Gasteiger partial charge on any atom is -0.394 e. The Balaban J connectivity index is 0.764. The third-order valence-electron chi connectivity index (χ3n) is 19.5. The van der Waals surface area contributed by atoms with E-state index in [4.69, 9.17) is 47.4 Å². The van der Waals surface area contributed by atoms with Gasteiger partial charge in [0.2, 0.25) is 0 Å². The Morgan fingerprint density at radius 3 is 1.89 bits per heavy atom. The van der Waals surface area contributed by atoms with Gasteiger partial charge < -0.3 is 114 Å². The molecule has 4 aliphatic carbocycles. The number of aliphatic hydroxyl groups excluding tert-OH is 13. The van der Waals surface area contributed by atoms with E-state index in [1.807, 2.05) is 0 Å². The zero-order valence-electron chi connectivity index (χ0n) is 41.8. The standard InChI is InChI=1S/C50H80O23/c1-19-7-12-50(65-17-19)20(2)30-26(73-50)14-25-23-6-5-21-13-22(8-10-48(21,3)24(23)9-11-49(25,30)4)66-44-38(60)34(56)32(54)29(69-44)18-64-47-42(35(57)37(59)43(63)72-47)71-46-40(62)36(58)41(28(16-52)68-46)70-45-39(61)33(55)31(53)27(15-51)67-45/h5,19-20,22-47,51-63H,6-18H2,1-4H3/t19-,20-,22-,23+,24-,25-,26-,27+,28+,29+,30-,31+,32+,33-,34-,35+,36+,37+,38+,39+,40+,41+,42+,43+,44-,45+,46+,47+,48-,49-,50+/m0/s1. The molecule has 10 aliphatic rings. The Hall–Kier alpha value is -1.18. The highest BCUT2D eigenvalue weighted by molar-refractivity contribution is 5.26. The van der Waals surface area contributed by atoms with Crippen LogP contribution in [0.15, 0.2) is 11.6 Å². The van der Waals surface area contributed by atoms with E-state index in [9.17, 15) is 66.4 Å². The molecule has 0 aromatic rings. The van der Waals surface area contributed by atoms with Crippen LogP contribution in [0.5, 0.6) is 0 Å². The molecule has 3 saturated carbocycles. The molecule has 6 aliphatic heterocycles. The first-order valence-electron chi connectivity index (χ1n) is 26.6. The van der Waals surface area contributed by atoms with Crippen LogP contribution < -0.4 is 0 Å². The van der Waals surface area contributed by atoms with Crippen LogP contribution in [0.3, 0.4) is 0 Å². The summed E-state index contributed by atoms with van der Waals surface area (Å²) in [5.74, 6) is 2.46. The third-order valence-corrected chi connectivity index (χ3v) is 19.5. The van der Waals surface area contributed by atoms with Crippen LogP contribution in [0.1, 0.15) is 85.5 Å². The van der Waals surface area contributed by atoms with Crippen LogP contribution >= 0.6 is 0 Å². The van der Waals surface area contributed by atoms with E-state index < -0.39 is 155 Å². The summed E-state index contributed by atoms with van der Waals surface area (Å²) in [5, 5.41) is 139. The van der Waals surface area contributed by atoms with Gasteiger partial charge in [-0.25, -0.2) is 0 Å². The van der Waals surface area contributed by atoms with E-state index >= 15 is 0 Å². The average molecular weight is 1050 g/mol. The number of hydrogen-bond donors (Lipinski definition) is 13. The van der Waals surface area contributed by atoms with Crippen molar-refractivity contribution in [2.75, 3.05) is 26.4 Å². The van der Waals surface area contributed by atoms with Crippen molar-refractivity contribution in [1.29, 1.82) is 0 Å². The fraction of sp³-hybridized carbons (Fsp3) is 0.960. The summed E-state index contributed by atoms with van der Waals surface area (Å²) in [6.07, 6.45) is -24.9. The van der Waals surface area contributed by atoms with Crippen molar-refractivity contribution < 1.29 is 114 Å². The van der Waals surface area contributed by atoms with Crippen LogP contribution in [0.25, 0.3) is 0 Å². The molecule has 418 valence electrons. The van der Waals surface area contributed by atoms with Crippen LogP contribution in [-0.2, 0) is 47.4 Å². The molecule has 0 aromatic heterocycles. The Kier molecular flexibility index (Phi) is 16.0. The second kappa shape index (κ2) is 21.1. The molecule has 31 atom stereocenters. The summed E-state index contributed by atoms with van der Waals surface area (Å²) in [4.78, 5) is 0. The number of allylic oxidation sites excluding steroid dienone is 1. The molecule has 6 saturated heterocycles. The molecule has 23 nitrogen and oxygen atoms in total. The number of hydrogen-bond acceptors (Lipinski definition) is 23. The molecule has 13 N–H and O–H groups in total. The quantitative estimate of drug-likeness (QED) is 0.0916. The first-order chi connectivity index (χ1) is 34.6. The highest BCUT2D eigenvalue weighted by Crippen LogP contribution is 2.70. The maximum absolute atomic E-state index is 11.2. The molecule has 10 rings (SSSR count). The fourth-order valence-corrected chi connectivity index (χ4v) is 15.2. The van der Waals surface area contributed by atoms with Crippen molar-refractivity contribution in [2.24, 2.45) is 46.3 Å². The van der Waals surface area contributed by atoms with Crippen molar-refractivity contribution in [1.82, 2.24) is 0 Å². The third kappa shape index (κ3) is 9.51. The lowest BCUT2D eigenvalue weighted by Gasteiger charge is -2.58. The van der Waals surface area contributed by atoms with Gasteiger partial charge in [0.25, 0.3) is 0 Å². The highest BCUT2D eigenvalue weighted by atomic mass is 16.8. The SMILES string of the molecule is C[C@H]1CC[C@@]2(OC1)O[C@H]1C[C@H]3[C@@H]4CC=C5C[C@@H](O[C@H]6O[C@H](CO[C@@H]7O[C@@H](O)[C@H](O)[C@@H](O)[C@H]7O[C@H]7O[C@H](CO)[C@@H](O[C@H]8O[C@H](CO)[C@@H](O)[C@H](O)[C@H]8O)[C@H](O)[C@H]7O)[C@@H](O)[C@H](O)[C@H]6O)CC[C@]5(C)[C@H]4CC[C@]3(C)[C@H]1[C@@H]2C. The number of rotatable bonds is 11. The van der Waals surface area contributed by atoms with Gasteiger partial charge in [-0.3, -0.25) is 0 Å². The maximum atomic E-state index is 11.2. The largest absolute Gasteiger partial charge is 0.394 e. The van der Waals surface area contributed by atoms with Gasteiger partial charge in [0.1, 0.15) is 91.6 Å². The Labute approximate surface area is 423 Å². The number of ether oxygens (including phenoxy) is 10. The lowest BCUT2D eigenvalue weighted by Crippen LogP contribution is -2.66. The van der Waals surface area contributed by atoms with E-state index in [1.54, 1.807) is 0 Å². The van der Waals surface area contributed by atoms with E-state index in [-0.39, 0.29) is 16.9 Å². The average Bonchev–Trinajstić information content (AvgIpc) is 3.82. The first kappa shape index (κ1) is 55.1. The second-order valence-corrected chi connectivity index (χ2v) is 23.6. The maximum Gasteiger partial charge on any atom is 0.189 e. The van der Waals surface area contributed by atoms with Crippen LogP contribution in [0.4, 0.5) is 0 Å². The van der Waals surface area contributed by atoms with Gasteiger partial charge in [-0.05, 0) is 91.8 Å². The summed E-state index contributed by atoms with van der Waals surface area (Å²) in [5.41, 5.74) is 1.44. The van der Waals surface area contributed by atoms with E-state index in [0.29, 0.717) is 48.3 Å². The van der Waals surface area contributed by atoms with Gasteiger partial charge in [-0.1, -0.05) is 39.3 Å². The van der Waals surface area contributed by atoms with Crippen LogP contribution in [0, 0.1) is 46.3 Å². The zero-order chi connectivity index (χ0) is 52.2. The molecule has 23 heteroatoms. The van der Waals surface area contributed by atoms with Crippen molar-refractivity contribution >= 4 is 0 Å². The van der Waals surface area contributed by atoms with E-state index in [1.165, 1.54) is 5.57 Å². The smallest absolute Gasteiger partial charge is 0.189 e. The normalized spacial score (nSPS) is 57.1. The minimum absolute atomic E-state index is 0.0447. The van der Waals surface area contributed by atoms with Gasteiger partial charge >= 0.3 is 0 Å². The molecule has 1 spiro atoms. The van der Waals surface area contributed by atoms with Crippen molar-refractivity contribution in [3.05, 3.63) is 11.6 Å². The van der Waals surface area contributed by atoms with Gasteiger partial charge in [0, 0.05) is 12.3 Å². The minimum atomic E-state index is -2.06. The molecule has 73 heavy (non-hydrogen) atoms. The monoisotopic (exact) mass is 1050 g/mol. The lowest BCUT2D eigenvalue weighted by molar-refractivity contribution is -0.398. The molecule has 0 unspecified atom stereocenters. The van der Waals surface area contributed by atoms with Crippen molar-refractivity contribution in [3.63, 3.8) is 0 Å². The van der Waals surface area contributed by atoms with Crippen molar-refractivity contribution in [2.45, 2.75) is 226 Å². The number of aliphatic hydroxyl groups is 13. The summed E-state index contributed by atoms with van der Waals surface area (Å²) in [6.45, 7) is 7.94. The number of fused-ring (bicyclic) bond motifs is 7. The van der Waals surface area contributed by atoms with Crippen LogP contribution in [0.2, 0.25) is 0 Å². The van der Waals surface area contributed by atoms with Crippen LogP contribution in [-0.4, -0.2) is 234 Å². The van der Waals surface area contributed by atoms with Gasteiger partial charge in [0.05, 0.1) is 38.6 Å². The Bertz CT molecular complexity index is 1920. The second-order valence-electron chi connectivity index (χ2n) is 23.6. The predicted molar refractivity (Wildman–Crippen MR) is 243 cm³/mol. The molecule has 0 bridgehead atoms. The Morgan fingerprint density at radius 2 is 1.22 bits per heavy atom. The highest BCUT2D eigenvalue weighted by Gasteiger charge is 2.69. The van der Waals surface area contributed by atoms with Gasteiger partial charge in [0.15, 0.2) is 37.2 Å². The molecular weight excluding hydrogens is 969 g/mol. The molecule has 0 radical (unpaired) electrons. The predicted octanol–water partition coefficient (Wildman–Crippen LogP) is -3.03. The lowest BCUT2D eigenvalue weighted by atomic mass is 9.47. The summed E-state index contributed by atoms with van der Waals surface area (Å²) >= 11 is 0. The zero-order valence-corrected chi connectivity index (χ0v) is 41.8. The van der Waals surface area contributed by atoms with Gasteiger partial charge in [-0.15, -0.1) is 0 Å². The summed E-state index contributed by atoms with van der Waals surface area (Å²) in [7, 11) is 0. The molecule has 0 amide bonds. The Morgan fingerprint density at radius 1 is 0.603 bits per heavy atom. The van der Waals surface area contributed by atoms with Crippen molar-refractivity contribution in [3.8, 4) is 0 Å². The van der Waals surface area contributed by atoms with E-state index in [0.717, 1.165) is 51.6 Å².